The van der Waals surface area contributed by atoms with Crippen molar-refractivity contribution in [3.63, 3.8) is 0 Å². The van der Waals surface area contributed by atoms with E-state index in [1.807, 2.05) is 13.8 Å². The minimum absolute atomic E-state index is 0.155. The van der Waals surface area contributed by atoms with Crippen LogP contribution in [0.2, 0.25) is 0 Å². The van der Waals surface area contributed by atoms with E-state index >= 15 is 0 Å². The molecule has 4 nitrogen and oxygen atoms in total. The van der Waals surface area contributed by atoms with E-state index in [1.54, 1.807) is 24.3 Å². The maximum atomic E-state index is 11.2. The summed E-state index contributed by atoms with van der Waals surface area (Å²) in [6.45, 7) is 4.71. The predicted octanol–water partition coefficient (Wildman–Crippen LogP) is 2.03. The topological polar surface area (TPSA) is 48.1 Å². The first-order valence-electron chi connectivity index (χ1n) is 5.52. The van der Waals surface area contributed by atoms with Gasteiger partial charge in [0.1, 0.15) is 17.5 Å². The van der Waals surface area contributed by atoms with Gasteiger partial charge in [0.05, 0.1) is 19.3 Å². The Balaban J connectivity index is 2.05. The molecule has 1 fully saturated rings. The Bertz CT molecular complexity index is 404. The zero-order valence-electron chi connectivity index (χ0n) is 10.2. The van der Waals surface area contributed by atoms with Crippen LogP contribution in [0.4, 0.5) is 0 Å². The third kappa shape index (κ3) is 2.77. The molecule has 0 saturated carbocycles. The maximum Gasteiger partial charge on any atom is 0.337 e. The summed E-state index contributed by atoms with van der Waals surface area (Å²) in [4.78, 5) is 11.2. The van der Waals surface area contributed by atoms with E-state index in [9.17, 15) is 4.79 Å². The molecule has 4 heteroatoms. The van der Waals surface area contributed by atoms with Gasteiger partial charge in [-0.15, -0.1) is 0 Å². The van der Waals surface area contributed by atoms with Crippen LogP contribution in [-0.4, -0.2) is 31.4 Å². The second-order valence-electron chi connectivity index (χ2n) is 4.54. The van der Waals surface area contributed by atoms with E-state index in [1.165, 1.54) is 7.11 Å². The molecular formula is C13H16O4. The molecule has 0 radical (unpaired) electrons. The highest BCUT2D eigenvalue weighted by molar-refractivity contribution is 5.89. The number of carbonyl (C=O) groups excluding carboxylic acids is 1. The van der Waals surface area contributed by atoms with Crippen LogP contribution in [-0.2, 0) is 9.47 Å². The number of carbonyl (C=O) groups is 1. The number of hydrogen-bond acceptors (Lipinski definition) is 4. The Morgan fingerprint density at radius 2 is 1.94 bits per heavy atom. The van der Waals surface area contributed by atoms with Gasteiger partial charge in [-0.1, -0.05) is 0 Å². The number of ether oxygens (including phenoxy) is 3. The number of hydrogen-bond donors (Lipinski definition) is 0. The normalized spacial score (nSPS) is 18.6. The second kappa shape index (κ2) is 4.37. The molecule has 0 spiro atoms. The quantitative estimate of drug-likeness (QED) is 0.593. The van der Waals surface area contributed by atoms with E-state index in [0.29, 0.717) is 5.56 Å². The smallest absolute Gasteiger partial charge is 0.337 e. The minimum atomic E-state index is -0.346. The molecule has 0 bridgehead atoms. The summed E-state index contributed by atoms with van der Waals surface area (Å²) in [5.41, 5.74) is 0.174. The lowest BCUT2D eigenvalue weighted by Crippen LogP contribution is -2.34. The highest BCUT2D eigenvalue weighted by atomic mass is 16.6. The van der Waals surface area contributed by atoms with Crippen LogP contribution in [0.5, 0.6) is 5.75 Å². The first kappa shape index (κ1) is 11.9. The van der Waals surface area contributed by atoms with E-state index in [2.05, 4.69) is 4.74 Å². The van der Waals surface area contributed by atoms with E-state index in [0.717, 1.165) is 12.4 Å². The average Bonchev–Trinajstić information content (AvgIpc) is 3.12. The monoisotopic (exact) mass is 236 g/mol. The standard InChI is InChI=1S/C13H16O4/c1-13(2,11-8-16-11)17-10-6-4-9(5-7-10)12(14)15-3/h4-7,11H,8H2,1-3H3. The van der Waals surface area contributed by atoms with Gasteiger partial charge in [-0.3, -0.25) is 0 Å². The van der Waals surface area contributed by atoms with Crippen molar-refractivity contribution in [2.45, 2.75) is 25.6 Å². The molecule has 92 valence electrons. The Morgan fingerprint density at radius 1 is 1.35 bits per heavy atom. The Hall–Kier alpha value is -1.55. The van der Waals surface area contributed by atoms with Crippen molar-refractivity contribution in [1.29, 1.82) is 0 Å². The first-order valence-corrected chi connectivity index (χ1v) is 5.52. The van der Waals surface area contributed by atoms with Crippen LogP contribution in [0.3, 0.4) is 0 Å². The van der Waals surface area contributed by atoms with Crippen LogP contribution in [0.1, 0.15) is 24.2 Å². The molecule has 1 aliphatic heterocycles. The molecule has 1 heterocycles. The minimum Gasteiger partial charge on any atom is -0.485 e. The lowest BCUT2D eigenvalue weighted by molar-refractivity contribution is 0.0600. The number of esters is 1. The maximum absolute atomic E-state index is 11.2. The molecular weight excluding hydrogens is 220 g/mol. The molecule has 0 aliphatic carbocycles. The zero-order valence-corrected chi connectivity index (χ0v) is 10.2. The van der Waals surface area contributed by atoms with Crippen LogP contribution in [0.15, 0.2) is 24.3 Å². The fourth-order valence-corrected chi connectivity index (χ4v) is 1.60. The first-order chi connectivity index (χ1) is 8.03. The van der Waals surface area contributed by atoms with Gasteiger partial charge in [-0.25, -0.2) is 4.79 Å². The molecule has 1 aromatic carbocycles. The summed E-state index contributed by atoms with van der Waals surface area (Å²) in [5, 5.41) is 0. The van der Waals surface area contributed by atoms with Gasteiger partial charge in [0, 0.05) is 0 Å². The fraction of sp³-hybridized carbons (Fsp3) is 0.462. The van der Waals surface area contributed by atoms with Gasteiger partial charge < -0.3 is 14.2 Å². The molecule has 0 aromatic heterocycles. The van der Waals surface area contributed by atoms with Crippen LogP contribution in [0, 0.1) is 0 Å². The van der Waals surface area contributed by atoms with Crippen LogP contribution < -0.4 is 4.74 Å². The molecule has 1 atom stereocenters. The highest BCUT2D eigenvalue weighted by Crippen LogP contribution is 2.29. The Kier molecular flexibility index (Phi) is 3.07. The molecule has 1 aromatic rings. The van der Waals surface area contributed by atoms with Crippen LogP contribution >= 0.6 is 0 Å². The van der Waals surface area contributed by atoms with Crippen molar-refractivity contribution >= 4 is 5.97 Å². The van der Waals surface area contributed by atoms with Crippen molar-refractivity contribution in [2.75, 3.05) is 13.7 Å². The van der Waals surface area contributed by atoms with E-state index in [4.69, 9.17) is 9.47 Å². The summed E-state index contributed by atoms with van der Waals surface area (Å²) in [6, 6.07) is 6.89. The summed E-state index contributed by atoms with van der Waals surface area (Å²) in [6.07, 6.45) is 0.155. The molecule has 1 saturated heterocycles. The van der Waals surface area contributed by atoms with Gasteiger partial charge in [-0.05, 0) is 38.1 Å². The number of methoxy groups -OCH3 is 1. The largest absolute Gasteiger partial charge is 0.485 e. The fourth-order valence-electron chi connectivity index (χ4n) is 1.60. The molecule has 1 unspecified atom stereocenters. The Morgan fingerprint density at radius 3 is 2.41 bits per heavy atom. The lowest BCUT2D eigenvalue weighted by Gasteiger charge is -2.24. The molecule has 0 amide bonds. The molecule has 1 aliphatic rings. The van der Waals surface area contributed by atoms with Gasteiger partial charge in [0.2, 0.25) is 0 Å². The predicted molar refractivity (Wildman–Crippen MR) is 62.2 cm³/mol. The number of benzene rings is 1. The Labute approximate surface area is 100 Å². The van der Waals surface area contributed by atoms with Crippen molar-refractivity contribution in [3.8, 4) is 5.75 Å². The third-order valence-electron chi connectivity index (χ3n) is 2.77. The van der Waals surface area contributed by atoms with Crippen molar-refractivity contribution in [2.24, 2.45) is 0 Å². The summed E-state index contributed by atoms with van der Waals surface area (Å²) < 4.78 is 15.7. The number of epoxide rings is 1. The SMILES string of the molecule is COC(=O)c1ccc(OC(C)(C)C2CO2)cc1. The number of rotatable bonds is 4. The summed E-state index contributed by atoms with van der Waals surface area (Å²) >= 11 is 0. The average molecular weight is 236 g/mol. The highest BCUT2D eigenvalue weighted by Gasteiger charge is 2.41. The van der Waals surface area contributed by atoms with E-state index in [-0.39, 0.29) is 17.7 Å². The van der Waals surface area contributed by atoms with Gasteiger partial charge in [0.25, 0.3) is 0 Å². The lowest BCUT2D eigenvalue weighted by atomic mass is 10.1. The van der Waals surface area contributed by atoms with Gasteiger partial charge in [-0.2, -0.15) is 0 Å². The molecule has 2 rings (SSSR count). The van der Waals surface area contributed by atoms with Gasteiger partial charge >= 0.3 is 5.97 Å². The van der Waals surface area contributed by atoms with Gasteiger partial charge in [0.15, 0.2) is 0 Å². The molecule has 0 N–H and O–H groups in total. The third-order valence-corrected chi connectivity index (χ3v) is 2.77. The summed E-state index contributed by atoms with van der Waals surface area (Å²) in [5.74, 6) is 0.375. The van der Waals surface area contributed by atoms with Crippen LogP contribution in [0.25, 0.3) is 0 Å². The second-order valence-corrected chi connectivity index (χ2v) is 4.54. The molecule has 17 heavy (non-hydrogen) atoms. The van der Waals surface area contributed by atoms with Crippen molar-refractivity contribution in [3.05, 3.63) is 29.8 Å². The van der Waals surface area contributed by atoms with Crippen molar-refractivity contribution < 1.29 is 19.0 Å². The zero-order chi connectivity index (χ0) is 12.5. The van der Waals surface area contributed by atoms with Crippen molar-refractivity contribution in [1.82, 2.24) is 0 Å². The van der Waals surface area contributed by atoms with E-state index < -0.39 is 0 Å². The summed E-state index contributed by atoms with van der Waals surface area (Å²) in [7, 11) is 1.36.